The second kappa shape index (κ2) is 40.9. The summed E-state index contributed by atoms with van der Waals surface area (Å²) < 4.78 is 106. The predicted octanol–water partition coefficient (Wildman–Crippen LogP) is 13.5. The smallest absolute Gasteiger partial charge is 0.341 e. The third-order valence-corrected chi connectivity index (χ3v) is 30.1. The Bertz CT molecular complexity index is 4490. The zero-order chi connectivity index (χ0) is 84.9. The van der Waals surface area contributed by atoms with Crippen LogP contribution in [0, 0.1) is 23.7 Å². The van der Waals surface area contributed by atoms with Gasteiger partial charge in [0.1, 0.15) is 133 Å². The summed E-state index contributed by atoms with van der Waals surface area (Å²) in [4.78, 5) is 29.9. The lowest BCUT2D eigenvalue weighted by Crippen LogP contribution is -2.36. The average Bonchev–Trinajstić information content (AvgIpc) is 1.60. The zero-order valence-electron chi connectivity index (χ0n) is 67.6. The quantitative estimate of drug-likeness (QED) is 0.0204. The molecule has 19 atom stereocenters. The highest BCUT2D eigenvalue weighted by atomic mass is 79.9. The number of nitrogen functional groups attached to an aromatic ring is 5. The molecule has 5 saturated heterocycles. The minimum Gasteiger partial charge on any atom is -0.460 e. The topological polar surface area (TPSA) is 405 Å². The number of carbonyl (C=O) groups excluding carboxylic acids is 1. The van der Waals surface area contributed by atoms with Gasteiger partial charge in [0.2, 0.25) is 12.0 Å². The fourth-order valence-electron chi connectivity index (χ4n) is 14.2. The van der Waals surface area contributed by atoms with Crippen LogP contribution in [0.2, 0.25) is 56.4 Å². The Balaban J connectivity index is 0.000000168. The van der Waals surface area contributed by atoms with E-state index in [4.69, 9.17) is 79.6 Å². The molecule has 10 aromatic heterocycles. The molecule has 5 aliphatic heterocycles. The van der Waals surface area contributed by atoms with Crippen LogP contribution in [0.5, 0.6) is 0 Å². The summed E-state index contributed by atoms with van der Waals surface area (Å²) in [5, 5.41) is 49.6. The summed E-state index contributed by atoms with van der Waals surface area (Å²) in [6.45, 7) is 30.2. The van der Waals surface area contributed by atoms with Crippen molar-refractivity contribution in [3.63, 3.8) is 0 Å². The van der Waals surface area contributed by atoms with Crippen molar-refractivity contribution in [2.75, 3.05) is 35.3 Å². The van der Waals surface area contributed by atoms with Crippen molar-refractivity contribution in [1.29, 1.82) is 0 Å². The van der Waals surface area contributed by atoms with Gasteiger partial charge in [-0.15, -0.1) is 0 Å². The van der Waals surface area contributed by atoms with Crippen LogP contribution in [0.1, 0.15) is 143 Å². The highest BCUT2D eigenvalue weighted by Gasteiger charge is 2.56. The number of hydrogen-bond acceptors (Lipinski definition) is 24. The fourth-order valence-corrected chi connectivity index (χ4v) is 22.8. The number of rotatable bonds is 15. The normalized spacial score (nSPS) is 27.6. The maximum absolute atomic E-state index is 14.5. The summed E-state index contributed by atoms with van der Waals surface area (Å²) in [5.74, 6) is -1.79. The molecule has 0 spiro atoms. The summed E-state index contributed by atoms with van der Waals surface area (Å²) in [5.41, 5.74) is 33.8. The van der Waals surface area contributed by atoms with Crippen LogP contribution in [0.4, 0.5) is 51.0 Å². The molecule has 115 heavy (non-hydrogen) atoms. The van der Waals surface area contributed by atoms with Crippen LogP contribution in [0.3, 0.4) is 0 Å². The number of nitrogens with zero attached hydrogens (tertiary/aromatic N) is 15. The van der Waals surface area contributed by atoms with E-state index in [1.807, 2.05) is 65.8 Å². The standard InChI is InChI=1S/C13H17FN4O2.2C13H17FN4O.C11H13FN4O3.C7H11FO2.C6H5BrN4.C6H16Cl2Si2.C6H16Si/c1-3-9-7(2)11(14)13(19,20-9)10-5-4-8-12(15)16-6-17-18(8)10;2*1-3-10-7(2)11(14)12(19-10)8-4-5-9-13(15)16-6-17-18(8)9;12-8-9(18)7(3-17)19-10(8)5-1-2-6-11(13)14-4-15-16(5)6;1-3-5-4(2)6(8)7(9)10-5;7-5-2-1-4-6(8)9-3-10-11(4)5;1-9(2,7)5-6-10(3,4)8;1-4-7(5-2)6-3/h4-7,9,11,19H,3H2,1-2H3,(H2,15,16,17);2*4-7,10-12H,3H2,1-2H3,(H2,15,16,17);1-2,4,7-10,17-18H,3H2,(H2,13,14,15);4-6H,3H2,1-2H3;1-3H,(H2,8,9,10);5-6H2,1-4H3;7H,4-6H2,1-3H3/t7-,9-,11-,13?;7-,10-,11-,12?;7-,10-,11-,12+;7-,8-,9-,10+;4-,5-,6-;;;/m11111.../s1. The number of fused-ring (bicyclic) bond motifs is 5. The number of cyclic esters (lactones) is 1. The lowest BCUT2D eigenvalue weighted by atomic mass is 9.95. The number of alkyl halides is 5. The highest BCUT2D eigenvalue weighted by molar-refractivity contribution is 9.10. The molecule has 5 aliphatic rings. The first-order chi connectivity index (χ1) is 54.4. The molecule has 634 valence electrons. The van der Waals surface area contributed by atoms with Crippen LogP contribution >= 0.6 is 38.1 Å². The summed E-state index contributed by atoms with van der Waals surface area (Å²) in [6.07, 6.45) is -2.10. The van der Waals surface area contributed by atoms with Gasteiger partial charge < -0.3 is 67.7 Å². The number of aromatic nitrogens is 15. The van der Waals surface area contributed by atoms with E-state index in [1.165, 1.54) is 58.8 Å². The van der Waals surface area contributed by atoms with E-state index in [1.54, 1.807) is 63.8 Å². The Labute approximate surface area is 687 Å². The molecule has 0 amide bonds. The van der Waals surface area contributed by atoms with Gasteiger partial charge in [-0.05, 0) is 114 Å². The molecule has 15 rings (SSSR count). The van der Waals surface area contributed by atoms with Crippen molar-refractivity contribution < 1.29 is 65.8 Å². The molecule has 2 unspecified atom stereocenters. The van der Waals surface area contributed by atoms with E-state index in [0.717, 1.165) is 35.0 Å². The van der Waals surface area contributed by atoms with Crippen molar-refractivity contribution in [3.8, 4) is 0 Å². The van der Waals surface area contributed by atoms with Gasteiger partial charge in [-0.2, -0.15) is 47.7 Å². The first-order valence-electron chi connectivity index (χ1n) is 38.9. The third-order valence-electron chi connectivity index (χ3n) is 21.5. The first-order valence-corrected chi connectivity index (χ1v) is 50.6. The van der Waals surface area contributed by atoms with Crippen molar-refractivity contribution >= 4 is 124 Å². The average molecular weight is 1770 g/mol. The number of aliphatic hydroxyl groups is 3. The van der Waals surface area contributed by atoms with Crippen LogP contribution in [0.25, 0.3) is 27.6 Å². The molecule has 0 saturated carbocycles. The van der Waals surface area contributed by atoms with E-state index in [-0.39, 0.29) is 68.3 Å². The van der Waals surface area contributed by atoms with Gasteiger partial charge in [-0.3, -0.25) is 0 Å². The van der Waals surface area contributed by atoms with Gasteiger partial charge >= 0.3 is 5.97 Å². The van der Waals surface area contributed by atoms with E-state index in [0.29, 0.717) is 69.4 Å². The monoisotopic (exact) mass is 1760 g/mol. The van der Waals surface area contributed by atoms with Crippen LogP contribution in [-0.2, 0) is 34.3 Å². The SMILES string of the molecule is CC[C@H]1OC(=O)[C@H](F)[C@@H]1C.CC[C@H]1OC(O)(c2ccc3c(N)ncnn23)[C@H](F)[C@@H]1C.CC[C@H]1OC(c2ccc3c(N)ncnn23)[C@H](F)[C@@H]1C.CC[C@H]1O[C@@H](c2ccc3c(N)ncnn23)[C@H](F)[C@@H]1C.CC[SiH](CC)CC.C[Si](C)(Cl)CC[Si](C)(C)Cl.Nc1ncnn2c(Br)ccc12.Nc1ncnn2c([C@@H]3O[C@H](CO)[C@@H](O)[C@H]3F)ccc12. The Morgan fingerprint density at radius 3 is 1.13 bits per heavy atom. The first kappa shape index (κ1) is 93.2. The van der Waals surface area contributed by atoms with Crippen molar-refractivity contribution in [3.05, 3.63) is 120 Å². The molecule has 40 heteroatoms. The molecule has 0 radical (unpaired) electrons. The van der Waals surface area contributed by atoms with Gasteiger partial charge in [0.25, 0.3) is 0 Å². The zero-order valence-corrected chi connectivity index (χ0v) is 73.9. The molecule has 0 bridgehead atoms. The molecule has 5 fully saturated rings. The van der Waals surface area contributed by atoms with Gasteiger partial charge in [-0.25, -0.2) is 74.2 Å². The molecule has 15 heterocycles. The molecule has 10 aromatic rings. The molecule has 0 aromatic carbocycles. The molecular weight excluding hydrogens is 1660 g/mol. The Kier molecular flexibility index (Phi) is 33.1. The number of ether oxygens (including phenoxy) is 5. The Hall–Kier alpha value is -7.35. The number of hydrogen-bond donors (Lipinski definition) is 8. The Morgan fingerprint density at radius 2 is 0.826 bits per heavy atom. The lowest BCUT2D eigenvalue weighted by molar-refractivity contribution is -0.227. The molecule has 29 nitrogen and oxygen atoms in total. The number of esters is 1. The maximum Gasteiger partial charge on any atom is 0.341 e. The van der Waals surface area contributed by atoms with Gasteiger partial charge in [0.05, 0.1) is 42.0 Å². The van der Waals surface area contributed by atoms with Gasteiger partial charge in [0.15, 0.2) is 41.4 Å². The Morgan fingerprint density at radius 1 is 0.487 bits per heavy atom. The molecule has 13 N–H and O–H groups in total. The predicted molar refractivity (Wildman–Crippen MR) is 446 cm³/mol. The van der Waals surface area contributed by atoms with E-state index in [2.05, 4.69) is 113 Å². The highest BCUT2D eigenvalue weighted by Crippen LogP contribution is 2.46. The van der Waals surface area contributed by atoms with Crippen molar-refractivity contribution in [2.24, 2.45) is 23.7 Å². The van der Waals surface area contributed by atoms with Crippen LogP contribution in [-0.4, -0.2) is 192 Å². The number of halogens is 8. The van der Waals surface area contributed by atoms with Crippen LogP contribution in [0.15, 0.2) is 96.9 Å². The summed E-state index contributed by atoms with van der Waals surface area (Å²) in [6, 6.07) is 24.2. The van der Waals surface area contributed by atoms with Gasteiger partial charge in [-0.1, -0.05) is 120 Å². The number of aliphatic hydroxyl groups excluding tert-OH is 2. The number of carbonyl (C=O) groups is 1. The van der Waals surface area contributed by atoms with E-state index >= 15 is 0 Å². The minimum absolute atomic E-state index is 0.0512. The second-order valence-electron chi connectivity index (χ2n) is 30.4. The van der Waals surface area contributed by atoms with E-state index < -0.39 is 100 Å². The largest absolute Gasteiger partial charge is 0.460 e. The summed E-state index contributed by atoms with van der Waals surface area (Å²) >= 11 is 15.6. The minimum atomic E-state index is -2.01. The molecular formula is C75H112BrCl2F5N20O9Si3. The van der Waals surface area contributed by atoms with Gasteiger partial charge in [0, 0.05) is 32.5 Å². The summed E-state index contributed by atoms with van der Waals surface area (Å²) in [7, 11) is -2.86. The second-order valence-corrected chi connectivity index (χ2v) is 49.4. The number of anilines is 5. The fraction of sp³-hybridized carbons (Fsp3) is 0.587. The van der Waals surface area contributed by atoms with Crippen LogP contribution < -0.4 is 28.7 Å². The lowest BCUT2D eigenvalue weighted by Gasteiger charge is -2.24. The van der Waals surface area contributed by atoms with Crippen molar-refractivity contribution in [1.82, 2.24) is 73.0 Å². The maximum atomic E-state index is 14.5. The van der Waals surface area contributed by atoms with Crippen molar-refractivity contribution in [2.45, 2.75) is 250 Å². The number of nitrogens with two attached hydrogens (primary N) is 5. The molecule has 0 aliphatic carbocycles. The third kappa shape index (κ3) is 21.8. The van der Waals surface area contributed by atoms with E-state index in [9.17, 15) is 37.0 Å².